The molecule has 0 atom stereocenters. The summed E-state index contributed by atoms with van der Waals surface area (Å²) in [6.07, 6.45) is 8.14. The number of rotatable bonds is 5. The minimum Gasteiger partial charge on any atom is -0.452 e. The summed E-state index contributed by atoms with van der Waals surface area (Å²) in [5.41, 5.74) is 1.16. The molecule has 3 rings (SSSR count). The first-order valence-corrected chi connectivity index (χ1v) is 9.50. The van der Waals surface area contributed by atoms with Gasteiger partial charge in [-0.1, -0.05) is 25.7 Å². The third-order valence-electron chi connectivity index (χ3n) is 5.04. The standard InChI is InChI=1S/C20H26N2O4/c23-18(21-16-6-3-1-2-4-7-16)14-26-20(25)15-9-11-17(12-10-15)22-13-5-8-19(22)24/h9-12,16H,1-8,13-14H2,(H,21,23). The first-order valence-electron chi connectivity index (χ1n) is 9.50. The molecule has 1 saturated heterocycles. The summed E-state index contributed by atoms with van der Waals surface area (Å²) in [5, 5.41) is 2.96. The van der Waals surface area contributed by atoms with Crippen LogP contribution in [0.2, 0.25) is 0 Å². The van der Waals surface area contributed by atoms with E-state index in [0.717, 1.165) is 37.8 Å². The first kappa shape index (κ1) is 18.4. The third kappa shape index (κ3) is 4.84. The predicted molar refractivity (Wildman–Crippen MR) is 97.9 cm³/mol. The molecule has 0 bridgehead atoms. The molecule has 0 radical (unpaired) electrons. The second-order valence-electron chi connectivity index (χ2n) is 7.03. The Labute approximate surface area is 153 Å². The van der Waals surface area contributed by atoms with Gasteiger partial charge in [0.1, 0.15) is 0 Å². The van der Waals surface area contributed by atoms with Crippen LogP contribution in [0.15, 0.2) is 24.3 Å². The number of benzene rings is 1. The van der Waals surface area contributed by atoms with E-state index in [1.165, 1.54) is 12.8 Å². The maximum absolute atomic E-state index is 12.1. The van der Waals surface area contributed by atoms with Gasteiger partial charge in [0.15, 0.2) is 6.61 Å². The van der Waals surface area contributed by atoms with Gasteiger partial charge in [0, 0.05) is 24.7 Å². The molecule has 1 aromatic rings. The van der Waals surface area contributed by atoms with E-state index in [2.05, 4.69) is 5.32 Å². The highest BCUT2D eigenvalue weighted by Crippen LogP contribution is 2.22. The van der Waals surface area contributed by atoms with E-state index in [1.54, 1.807) is 29.2 Å². The van der Waals surface area contributed by atoms with Gasteiger partial charge < -0.3 is 15.0 Å². The van der Waals surface area contributed by atoms with E-state index in [1.807, 2.05) is 0 Å². The number of ether oxygens (including phenoxy) is 1. The van der Waals surface area contributed by atoms with E-state index >= 15 is 0 Å². The van der Waals surface area contributed by atoms with Crippen LogP contribution in [0, 0.1) is 0 Å². The highest BCUT2D eigenvalue weighted by Gasteiger charge is 2.22. The molecule has 1 heterocycles. The number of nitrogens with one attached hydrogen (secondary N) is 1. The van der Waals surface area contributed by atoms with Crippen LogP contribution >= 0.6 is 0 Å². The number of hydrogen-bond acceptors (Lipinski definition) is 4. The van der Waals surface area contributed by atoms with Crippen LogP contribution < -0.4 is 10.2 Å². The van der Waals surface area contributed by atoms with Crippen molar-refractivity contribution in [2.45, 2.75) is 57.4 Å². The van der Waals surface area contributed by atoms with E-state index in [9.17, 15) is 14.4 Å². The van der Waals surface area contributed by atoms with Crippen molar-refractivity contribution in [3.05, 3.63) is 29.8 Å². The Balaban J connectivity index is 1.46. The zero-order chi connectivity index (χ0) is 18.4. The van der Waals surface area contributed by atoms with Crippen LogP contribution in [0.25, 0.3) is 0 Å². The predicted octanol–water partition coefficient (Wildman–Crippen LogP) is 2.81. The van der Waals surface area contributed by atoms with Crippen molar-refractivity contribution in [2.75, 3.05) is 18.1 Å². The second-order valence-corrected chi connectivity index (χ2v) is 7.03. The van der Waals surface area contributed by atoms with Crippen molar-refractivity contribution in [1.82, 2.24) is 5.32 Å². The fraction of sp³-hybridized carbons (Fsp3) is 0.550. The maximum Gasteiger partial charge on any atom is 0.338 e. The molecule has 2 amide bonds. The van der Waals surface area contributed by atoms with Gasteiger partial charge in [-0.3, -0.25) is 9.59 Å². The van der Waals surface area contributed by atoms with Gasteiger partial charge in [-0.05, 0) is 43.5 Å². The molecule has 1 N–H and O–H groups in total. The van der Waals surface area contributed by atoms with Gasteiger partial charge in [0.25, 0.3) is 5.91 Å². The van der Waals surface area contributed by atoms with Crippen LogP contribution in [0.3, 0.4) is 0 Å². The van der Waals surface area contributed by atoms with Gasteiger partial charge in [0.2, 0.25) is 5.91 Å². The van der Waals surface area contributed by atoms with Gasteiger partial charge >= 0.3 is 5.97 Å². The van der Waals surface area contributed by atoms with Crippen molar-refractivity contribution in [2.24, 2.45) is 0 Å². The number of hydrogen-bond donors (Lipinski definition) is 1. The van der Waals surface area contributed by atoms with Crippen molar-refractivity contribution in [3.8, 4) is 0 Å². The van der Waals surface area contributed by atoms with Crippen LogP contribution in [0.4, 0.5) is 5.69 Å². The monoisotopic (exact) mass is 358 g/mol. The highest BCUT2D eigenvalue weighted by molar-refractivity contribution is 5.96. The molecule has 0 unspecified atom stereocenters. The summed E-state index contributed by atoms with van der Waals surface area (Å²) in [7, 11) is 0. The van der Waals surface area contributed by atoms with E-state index < -0.39 is 5.97 Å². The number of nitrogens with zero attached hydrogens (tertiary/aromatic N) is 1. The Morgan fingerprint density at radius 1 is 1.04 bits per heavy atom. The lowest BCUT2D eigenvalue weighted by Crippen LogP contribution is -2.37. The van der Waals surface area contributed by atoms with Crippen LogP contribution in [-0.4, -0.2) is 37.0 Å². The SMILES string of the molecule is O=C(COC(=O)c1ccc(N2CCCC2=O)cc1)NC1CCCCCC1. The number of carbonyl (C=O) groups excluding carboxylic acids is 3. The average molecular weight is 358 g/mol. The molecule has 2 fully saturated rings. The second kappa shape index (κ2) is 8.83. The average Bonchev–Trinajstić information content (AvgIpc) is 2.91. The van der Waals surface area contributed by atoms with Crippen LogP contribution in [-0.2, 0) is 14.3 Å². The fourth-order valence-corrected chi connectivity index (χ4v) is 3.61. The van der Waals surface area contributed by atoms with Crippen molar-refractivity contribution in [3.63, 3.8) is 0 Å². The molecule has 1 aliphatic heterocycles. The van der Waals surface area contributed by atoms with E-state index in [4.69, 9.17) is 4.74 Å². The van der Waals surface area contributed by atoms with Gasteiger partial charge in [-0.15, -0.1) is 0 Å². The Kier molecular flexibility index (Phi) is 6.26. The van der Waals surface area contributed by atoms with E-state index in [0.29, 0.717) is 18.5 Å². The fourth-order valence-electron chi connectivity index (χ4n) is 3.61. The van der Waals surface area contributed by atoms with Crippen molar-refractivity contribution >= 4 is 23.5 Å². The third-order valence-corrected chi connectivity index (χ3v) is 5.04. The Morgan fingerprint density at radius 2 is 1.73 bits per heavy atom. The summed E-state index contributed by atoms with van der Waals surface area (Å²) in [4.78, 5) is 37.6. The topological polar surface area (TPSA) is 75.7 Å². The van der Waals surface area contributed by atoms with Crippen molar-refractivity contribution in [1.29, 1.82) is 0 Å². The molecule has 1 saturated carbocycles. The Morgan fingerprint density at radius 3 is 2.35 bits per heavy atom. The first-order chi connectivity index (χ1) is 12.6. The van der Waals surface area contributed by atoms with Crippen LogP contribution in [0.1, 0.15) is 61.7 Å². The largest absolute Gasteiger partial charge is 0.452 e. The lowest BCUT2D eigenvalue weighted by molar-refractivity contribution is -0.125. The summed E-state index contributed by atoms with van der Waals surface area (Å²) >= 11 is 0. The summed E-state index contributed by atoms with van der Waals surface area (Å²) in [5.74, 6) is -0.666. The maximum atomic E-state index is 12.1. The van der Waals surface area contributed by atoms with Gasteiger partial charge in [-0.25, -0.2) is 4.79 Å². The highest BCUT2D eigenvalue weighted by atomic mass is 16.5. The zero-order valence-electron chi connectivity index (χ0n) is 15.0. The molecule has 140 valence electrons. The van der Waals surface area contributed by atoms with Gasteiger partial charge in [0.05, 0.1) is 5.56 Å². The normalized spacial score (nSPS) is 18.5. The molecular weight excluding hydrogens is 332 g/mol. The minimum atomic E-state index is -0.527. The quantitative estimate of drug-likeness (QED) is 0.649. The molecule has 6 nitrogen and oxygen atoms in total. The number of esters is 1. The Hall–Kier alpha value is -2.37. The number of amides is 2. The number of carbonyl (C=O) groups is 3. The minimum absolute atomic E-state index is 0.107. The molecule has 1 aliphatic carbocycles. The summed E-state index contributed by atoms with van der Waals surface area (Å²) in [6.45, 7) is 0.450. The van der Waals surface area contributed by atoms with Crippen molar-refractivity contribution < 1.29 is 19.1 Å². The molecule has 0 aromatic heterocycles. The lowest BCUT2D eigenvalue weighted by Gasteiger charge is -2.16. The smallest absolute Gasteiger partial charge is 0.338 e. The molecular formula is C20H26N2O4. The lowest BCUT2D eigenvalue weighted by atomic mass is 10.1. The summed E-state index contributed by atoms with van der Waals surface area (Å²) < 4.78 is 5.12. The van der Waals surface area contributed by atoms with Gasteiger partial charge in [-0.2, -0.15) is 0 Å². The molecule has 26 heavy (non-hydrogen) atoms. The molecule has 0 spiro atoms. The molecule has 6 heteroatoms. The van der Waals surface area contributed by atoms with E-state index in [-0.39, 0.29) is 24.5 Å². The molecule has 2 aliphatic rings. The number of anilines is 1. The Bertz CT molecular complexity index is 648. The van der Waals surface area contributed by atoms with Crippen LogP contribution in [0.5, 0.6) is 0 Å². The summed E-state index contributed by atoms with van der Waals surface area (Å²) in [6, 6.07) is 6.94. The molecule has 1 aromatic carbocycles. The zero-order valence-corrected chi connectivity index (χ0v) is 15.0.